The van der Waals surface area contributed by atoms with Crippen molar-refractivity contribution in [3.05, 3.63) is 68.2 Å². The number of aromatic nitrogens is 1. The van der Waals surface area contributed by atoms with Gasteiger partial charge in [0, 0.05) is 23.6 Å². The lowest BCUT2D eigenvalue weighted by Crippen LogP contribution is -2.33. The zero-order valence-corrected chi connectivity index (χ0v) is 22.3. The molecule has 0 unspecified atom stereocenters. The molecule has 0 spiro atoms. The number of anilines is 1. The van der Waals surface area contributed by atoms with Crippen molar-refractivity contribution in [2.24, 2.45) is 0 Å². The Morgan fingerprint density at radius 3 is 2.61 bits per heavy atom. The fourth-order valence-electron chi connectivity index (χ4n) is 5.17. The summed E-state index contributed by atoms with van der Waals surface area (Å²) in [5.74, 6) is 0. The molecular weight excluding hydrogens is 440 g/mol. The first-order chi connectivity index (χ1) is 16.0. The van der Waals surface area contributed by atoms with E-state index in [0.717, 1.165) is 19.5 Å². The molecule has 172 valence electrons. The van der Waals surface area contributed by atoms with Crippen LogP contribution in [-0.2, 0) is 19.4 Å². The minimum absolute atomic E-state index is 0.995. The summed E-state index contributed by atoms with van der Waals surface area (Å²) >= 11 is 3.92. The third-order valence-electron chi connectivity index (χ3n) is 7.23. The first-order valence-electron chi connectivity index (χ1n) is 12.5. The summed E-state index contributed by atoms with van der Waals surface area (Å²) < 4.78 is 4.04. The number of allylic oxidation sites excluding steroid dienone is 2. The summed E-state index contributed by atoms with van der Waals surface area (Å²) in [6.07, 6.45) is 11.1. The first-order valence-corrected chi connectivity index (χ1v) is 14.1. The number of nitrogens with zero attached hydrogens (tertiary/aromatic N) is 2. The predicted octanol–water partition coefficient (Wildman–Crippen LogP) is 7.97. The predicted molar refractivity (Wildman–Crippen MR) is 145 cm³/mol. The Hall–Kier alpha value is -2.04. The zero-order chi connectivity index (χ0) is 23.1. The van der Waals surface area contributed by atoms with Crippen molar-refractivity contribution in [2.75, 3.05) is 11.4 Å². The van der Waals surface area contributed by atoms with Crippen LogP contribution in [0.2, 0.25) is 0 Å². The van der Waals surface area contributed by atoms with E-state index in [4.69, 9.17) is 0 Å². The van der Waals surface area contributed by atoms with Gasteiger partial charge in [0.1, 0.15) is 11.2 Å². The van der Waals surface area contributed by atoms with E-state index in [-0.39, 0.29) is 0 Å². The summed E-state index contributed by atoms with van der Waals surface area (Å²) in [6.45, 7) is 13.3. The smallest absolute Gasteiger partial charge is 0.263 e. The lowest BCUT2D eigenvalue weighted by atomic mass is 9.91. The van der Waals surface area contributed by atoms with Crippen molar-refractivity contribution in [3.63, 3.8) is 0 Å². The number of rotatable bonds is 5. The Morgan fingerprint density at radius 2 is 1.85 bits per heavy atom. The molecule has 33 heavy (non-hydrogen) atoms. The molecule has 2 heterocycles. The monoisotopic (exact) mass is 475 g/mol. The van der Waals surface area contributed by atoms with Gasteiger partial charge in [-0.05, 0) is 106 Å². The highest BCUT2D eigenvalue weighted by Gasteiger charge is 2.26. The van der Waals surface area contributed by atoms with E-state index in [1.165, 1.54) is 73.2 Å². The van der Waals surface area contributed by atoms with Crippen molar-refractivity contribution in [3.8, 4) is 0 Å². The number of thioether (sulfide) groups is 1. The summed E-state index contributed by atoms with van der Waals surface area (Å²) in [7, 11) is 0. The van der Waals surface area contributed by atoms with Gasteiger partial charge in [0.05, 0.1) is 10.7 Å². The number of benzene rings is 2. The minimum atomic E-state index is 0.995. The molecule has 2 aromatic carbocycles. The van der Waals surface area contributed by atoms with Crippen LogP contribution in [0.1, 0.15) is 67.3 Å². The number of fused-ring (bicyclic) bond motifs is 4. The van der Waals surface area contributed by atoms with Gasteiger partial charge >= 0.3 is 0 Å². The molecule has 0 amide bonds. The van der Waals surface area contributed by atoms with Crippen LogP contribution in [0.5, 0.6) is 0 Å². The Morgan fingerprint density at radius 1 is 1.06 bits per heavy atom. The van der Waals surface area contributed by atoms with Crippen molar-refractivity contribution < 1.29 is 4.57 Å². The molecule has 1 aliphatic carbocycles. The van der Waals surface area contributed by atoms with E-state index in [2.05, 4.69) is 80.5 Å². The molecule has 4 heteroatoms. The Kier molecular flexibility index (Phi) is 6.41. The normalized spacial score (nSPS) is 17.2. The lowest BCUT2D eigenvalue weighted by molar-refractivity contribution is -0.665. The second kappa shape index (κ2) is 9.31. The molecule has 0 saturated carbocycles. The number of thiazole rings is 1. The SMILES string of the molecule is CCC(/C=C1\Sc2cc(C)c(C)cc2N1CC)=C\c1sc2c3c(ccc2[n+]1CC)CCCC3. The molecule has 2 aliphatic rings. The molecule has 0 fully saturated rings. The first kappa shape index (κ1) is 22.7. The third-order valence-corrected chi connectivity index (χ3v) is 9.53. The molecule has 0 bridgehead atoms. The van der Waals surface area contributed by atoms with E-state index in [1.807, 2.05) is 23.1 Å². The largest absolute Gasteiger partial charge is 0.335 e. The Balaban J connectivity index is 1.56. The number of hydrogen-bond acceptors (Lipinski definition) is 3. The molecule has 0 radical (unpaired) electrons. The molecule has 0 atom stereocenters. The molecule has 1 aromatic heterocycles. The fourth-order valence-corrected chi connectivity index (χ4v) is 7.85. The van der Waals surface area contributed by atoms with Gasteiger partial charge in [-0.3, -0.25) is 0 Å². The van der Waals surface area contributed by atoms with Gasteiger partial charge in [0.2, 0.25) is 5.52 Å². The summed E-state index contributed by atoms with van der Waals surface area (Å²) in [5, 5.41) is 2.74. The molecule has 5 rings (SSSR count). The topological polar surface area (TPSA) is 7.12 Å². The maximum Gasteiger partial charge on any atom is 0.263 e. The van der Waals surface area contributed by atoms with Crippen LogP contribution in [-0.4, -0.2) is 6.54 Å². The Labute approximate surface area is 207 Å². The summed E-state index contributed by atoms with van der Waals surface area (Å²) in [4.78, 5) is 3.87. The quantitative estimate of drug-likeness (QED) is 0.345. The lowest BCUT2D eigenvalue weighted by Gasteiger charge is -2.19. The standard InChI is InChI=1S/C29H35N2S2/c1-6-21(17-27-31(8-3)25-15-19(4)20(5)16-26(25)32-27)18-28-30(7-2)24-14-13-22-11-9-10-12-23(22)29(24)33-28/h13-18H,6-12H2,1-5H3/q+1. The van der Waals surface area contributed by atoms with Gasteiger partial charge in [-0.25, -0.2) is 0 Å². The van der Waals surface area contributed by atoms with Crippen LogP contribution in [0.3, 0.4) is 0 Å². The van der Waals surface area contributed by atoms with Gasteiger partial charge in [0.25, 0.3) is 5.01 Å². The van der Waals surface area contributed by atoms with E-state index in [1.54, 1.807) is 11.1 Å². The highest BCUT2D eigenvalue weighted by Crippen LogP contribution is 2.47. The fraction of sp³-hybridized carbons (Fsp3) is 0.414. The van der Waals surface area contributed by atoms with Crippen LogP contribution in [0.4, 0.5) is 5.69 Å². The van der Waals surface area contributed by atoms with E-state index < -0.39 is 0 Å². The molecule has 3 aromatic rings. The highest BCUT2D eigenvalue weighted by atomic mass is 32.2. The van der Waals surface area contributed by atoms with Crippen LogP contribution < -0.4 is 9.47 Å². The van der Waals surface area contributed by atoms with Crippen molar-refractivity contribution in [1.82, 2.24) is 0 Å². The van der Waals surface area contributed by atoms with E-state index in [0.29, 0.717) is 0 Å². The van der Waals surface area contributed by atoms with Crippen molar-refractivity contribution in [2.45, 2.75) is 78.2 Å². The number of aryl methyl sites for hydroxylation is 5. The molecule has 0 saturated heterocycles. The van der Waals surface area contributed by atoms with Gasteiger partial charge in [-0.15, -0.1) is 0 Å². The second-order valence-corrected chi connectivity index (χ2v) is 11.3. The van der Waals surface area contributed by atoms with Crippen LogP contribution in [0.15, 0.2) is 45.8 Å². The number of hydrogen-bond donors (Lipinski definition) is 0. The summed E-state index contributed by atoms with van der Waals surface area (Å²) in [5.41, 5.74) is 10.1. The average molecular weight is 476 g/mol. The van der Waals surface area contributed by atoms with Crippen LogP contribution >= 0.6 is 23.1 Å². The van der Waals surface area contributed by atoms with Gasteiger partial charge in [0.15, 0.2) is 0 Å². The molecule has 0 N–H and O–H groups in total. The zero-order valence-electron chi connectivity index (χ0n) is 20.6. The maximum atomic E-state index is 2.52. The van der Waals surface area contributed by atoms with Crippen LogP contribution in [0, 0.1) is 13.8 Å². The maximum absolute atomic E-state index is 2.52. The molecular formula is C29H35N2S2+. The average Bonchev–Trinajstić information content (AvgIpc) is 3.35. The highest BCUT2D eigenvalue weighted by molar-refractivity contribution is 8.03. The minimum Gasteiger partial charge on any atom is -0.335 e. The molecule has 1 aliphatic heterocycles. The van der Waals surface area contributed by atoms with Crippen molar-refractivity contribution >= 4 is 45.1 Å². The van der Waals surface area contributed by atoms with E-state index in [9.17, 15) is 0 Å². The Bertz CT molecular complexity index is 1280. The van der Waals surface area contributed by atoms with Gasteiger partial charge in [-0.1, -0.05) is 36.1 Å². The van der Waals surface area contributed by atoms with Crippen molar-refractivity contribution in [1.29, 1.82) is 0 Å². The third kappa shape index (κ3) is 4.06. The summed E-state index contributed by atoms with van der Waals surface area (Å²) in [6, 6.07) is 9.47. The second-order valence-electron chi connectivity index (χ2n) is 9.25. The van der Waals surface area contributed by atoms with Gasteiger partial charge < -0.3 is 4.90 Å². The van der Waals surface area contributed by atoms with Gasteiger partial charge in [-0.2, -0.15) is 4.57 Å². The van der Waals surface area contributed by atoms with E-state index >= 15 is 0 Å². The molecule has 2 nitrogen and oxygen atoms in total. The van der Waals surface area contributed by atoms with Crippen LogP contribution in [0.25, 0.3) is 16.3 Å².